The van der Waals surface area contributed by atoms with E-state index in [1.165, 1.54) is 4.88 Å². The van der Waals surface area contributed by atoms with Crippen LogP contribution in [0.2, 0.25) is 0 Å². The van der Waals surface area contributed by atoms with Crippen LogP contribution >= 0.6 is 11.3 Å². The standard InChI is InChI=1S/C20H24N6O2S/c1-14(27)25-10-9-24(2)17(13-25)19-23-22-18-6-5-15(12-26(18)19)20(28)21-8-7-16-4-3-11-29-16/h3-6,11-12,17H,7-10,13H2,1-2H3,(H,21,28). The molecule has 0 radical (unpaired) electrons. The lowest BCUT2D eigenvalue weighted by Gasteiger charge is -2.38. The molecule has 0 bridgehead atoms. The number of pyridine rings is 1. The molecule has 1 saturated heterocycles. The van der Waals surface area contributed by atoms with Gasteiger partial charge >= 0.3 is 0 Å². The number of piperazine rings is 1. The minimum Gasteiger partial charge on any atom is -0.352 e. The molecule has 1 fully saturated rings. The molecular formula is C20H24N6O2S. The van der Waals surface area contributed by atoms with Crippen molar-refractivity contribution in [1.29, 1.82) is 0 Å². The molecule has 4 rings (SSSR count). The fraction of sp³-hybridized carbons (Fsp3) is 0.400. The molecule has 9 heteroatoms. The predicted molar refractivity (Wildman–Crippen MR) is 111 cm³/mol. The summed E-state index contributed by atoms with van der Waals surface area (Å²) in [5.74, 6) is 0.676. The fourth-order valence-corrected chi connectivity index (χ4v) is 4.27. The molecule has 1 aliphatic rings. The Labute approximate surface area is 173 Å². The molecule has 0 saturated carbocycles. The topological polar surface area (TPSA) is 82.8 Å². The SMILES string of the molecule is CC(=O)N1CCN(C)C(c2nnc3ccc(C(=O)NCCc4cccs4)cn23)C1. The normalized spacial score (nSPS) is 17.6. The van der Waals surface area contributed by atoms with Crippen LogP contribution in [0.25, 0.3) is 5.65 Å². The highest BCUT2D eigenvalue weighted by Crippen LogP contribution is 2.23. The highest BCUT2D eigenvalue weighted by atomic mass is 32.1. The van der Waals surface area contributed by atoms with Gasteiger partial charge in [0, 0.05) is 44.2 Å². The molecular weight excluding hydrogens is 388 g/mol. The van der Waals surface area contributed by atoms with Crippen molar-refractivity contribution in [2.45, 2.75) is 19.4 Å². The molecule has 3 aromatic rings. The predicted octanol–water partition coefficient (Wildman–Crippen LogP) is 1.60. The zero-order valence-electron chi connectivity index (χ0n) is 16.5. The summed E-state index contributed by atoms with van der Waals surface area (Å²) in [4.78, 5) is 29.7. The van der Waals surface area contributed by atoms with Gasteiger partial charge in [0.1, 0.15) is 0 Å². The van der Waals surface area contributed by atoms with Crippen molar-refractivity contribution in [3.63, 3.8) is 0 Å². The van der Waals surface area contributed by atoms with Crippen LogP contribution < -0.4 is 5.32 Å². The fourth-order valence-electron chi connectivity index (χ4n) is 3.56. The third-order valence-electron chi connectivity index (χ3n) is 5.32. The Bertz CT molecular complexity index is 1020. The van der Waals surface area contributed by atoms with Crippen LogP contribution in [0, 0.1) is 0 Å². The van der Waals surface area contributed by atoms with E-state index in [4.69, 9.17) is 0 Å². The second kappa shape index (κ2) is 8.30. The van der Waals surface area contributed by atoms with E-state index in [1.54, 1.807) is 36.6 Å². The molecule has 3 aromatic heterocycles. The maximum absolute atomic E-state index is 12.6. The first-order chi connectivity index (χ1) is 14.0. The molecule has 0 aromatic carbocycles. The Hall–Kier alpha value is -2.78. The third kappa shape index (κ3) is 4.15. The maximum atomic E-state index is 12.6. The van der Waals surface area contributed by atoms with Crippen molar-refractivity contribution >= 4 is 28.8 Å². The number of rotatable bonds is 5. The molecule has 1 aliphatic heterocycles. The number of hydrogen-bond acceptors (Lipinski definition) is 6. The molecule has 1 atom stereocenters. The lowest BCUT2D eigenvalue weighted by atomic mass is 10.1. The smallest absolute Gasteiger partial charge is 0.252 e. The minimum absolute atomic E-state index is 0.0581. The van der Waals surface area contributed by atoms with Gasteiger partial charge in [-0.1, -0.05) is 6.07 Å². The summed E-state index contributed by atoms with van der Waals surface area (Å²) < 4.78 is 1.86. The van der Waals surface area contributed by atoms with E-state index in [-0.39, 0.29) is 17.9 Å². The van der Waals surface area contributed by atoms with Gasteiger partial charge in [0.2, 0.25) is 5.91 Å². The molecule has 1 N–H and O–H groups in total. The summed E-state index contributed by atoms with van der Waals surface area (Å²) in [7, 11) is 2.02. The second-order valence-electron chi connectivity index (χ2n) is 7.25. The number of carbonyl (C=O) groups is 2. The third-order valence-corrected chi connectivity index (χ3v) is 6.26. The zero-order chi connectivity index (χ0) is 20.4. The van der Waals surface area contributed by atoms with Crippen molar-refractivity contribution in [2.24, 2.45) is 0 Å². The Balaban J connectivity index is 1.52. The van der Waals surface area contributed by atoms with E-state index in [9.17, 15) is 9.59 Å². The number of thiophene rings is 1. The van der Waals surface area contributed by atoms with Crippen molar-refractivity contribution in [1.82, 2.24) is 29.7 Å². The van der Waals surface area contributed by atoms with Gasteiger partial charge in [0.15, 0.2) is 11.5 Å². The lowest BCUT2D eigenvalue weighted by molar-refractivity contribution is -0.131. The molecule has 4 heterocycles. The number of amides is 2. The van der Waals surface area contributed by atoms with Crippen molar-refractivity contribution < 1.29 is 9.59 Å². The summed E-state index contributed by atoms with van der Waals surface area (Å²) in [6.45, 7) is 4.21. The van der Waals surface area contributed by atoms with Crippen molar-refractivity contribution in [3.05, 3.63) is 52.1 Å². The van der Waals surface area contributed by atoms with Crippen LogP contribution in [0.15, 0.2) is 35.8 Å². The highest BCUT2D eigenvalue weighted by Gasteiger charge is 2.30. The van der Waals surface area contributed by atoms with Crippen molar-refractivity contribution in [2.75, 3.05) is 33.2 Å². The zero-order valence-corrected chi connectivity index (χ0v) is 17.4. The number of nitrogens with one attached hydrogen (secondary N) is 1. The van der Waals surface area contributed by atoms with Gasteiger partial charge in [0.25, 0.3) is 5.91 Å². The first kappa shape index (κ1) is 19.5. The molecule has 0 spiro atoms. The second-order valence-corrected chi connectivity index (χ2v) is 8.28. The molecule has 2 amide bonds. The summed E-state index contributed by atoms with van der Waals surface area (Å²) in [5.41, 5.74) is 1.25. The highest BCUT2D eigenvalue weighted by molar-refractivity contribution is 7.09. The first-order valence-electron chi connectivity index (χ1n) is 9.64. The van der Waals surface area contributed by atoms with Gasteiger partial charge in [-0.2, -0.15) is 0 Å². The Morgan fingerprint density at radius 1 is 1.24 bits per heavy atom. The molecule has 1 unspecified atom stereocenters. The lowest BCUT2D eigenvalue weighted by Crippen LogP contribution is -2.48. The van der Waals surface area contributed by atoms with Crippen LogP contribution in [-0.4, -0.2) is 69.4 Å². The van der Waals surface area contributed by atoms with Crippen LogP contribution in [0.5, 0.6) is 0 Å². The first-order valence-corrected chi connectivity index (χ1v) is 10.5. The van der Waals surface area contributed by atoms with Crippen LogP contribution in [-0.2, 0) is 11.2 Å². The van der Waals surface area contributed by atoms with Gasteiger partial charge in [0.05, 0.1) is 11.6 Å². The minimum atomic E-state index is -0.120. The van der Waals surface area contributed by atoms with Gasteiger partial charge in [-0.3, -0.25) is 18.9 Å². The monoisotopic (exact) mass is 412 g/mol. The van der Waals surface area contributed by atoms with Gasteiger partial charge < -0.3 is 10.2 Å². The van der Waals surface area contributed by atoms with Crippen LogP contribution in [0.4, 0.5) is 0 Å². The summed E-state index contributed by atoms with van der Waals surface area (Å²) in [6.07, 6.45) is 2.60. The summed E-state index contributed by atoms with van der Waals surface area (Å²) >= 11 is 1.69. The number of likely N-dealkylation sites (N-methyl/N-ethyl adjacent to an activating group) is 1. The molecule has 29 heavy (non-hydrogen) atoms. The van der Waals surface area contributed by atoms with E-state index in [1.807, 2.05) is 27.8 Å². The van der Waals surface area contributed by atoms with Crippen LogP contribution in [0.1, 0.15) is 34.0 Å². The number of nitrogens with zero attached hydrogens (tertiary/aromatic N) is 5. The van der Waals surface area contributed by atoms with E-state index < -0.39 is 0 Å². The largest absolute Gasteiger partial charge is 0.352 e. The average Bonchev–Trinajstić information content (AvgIpc) is 3.37. The molecule has 0 aliphatic carbocycles. The number of aromatic nitrogens is 3. The summed E-state index contributed by atoms with van der Waals surface area (Å²) in [6, 6.07) is 7.58. The Kier molecular flexibility index (Phi) is 5.59. The molecule has 8 nitrogen and oxygen atoms in total. The van der Waals surface area contributed by atoms with E-state index >= 15 is 0 Å². The number of hydrogen-bond donors (Lipinski definition) is 1. The quantitative estimate of drug-likeness (QED) is 0.688. The Morgan fingerprint density at radius 3 is 2.86 bits per heavy atom. The number of fused-ring (bicyclic) bond motifs is 1. The van der Waals surface area contributed by atoms with Crippen LogP contribution in [0.3, 0.4) is 0 Å². The number of carbonyl (C=O) groups excluding carboxylic acids is 2. The average molecular weight is 413 g/mol. The molecule has 152 valence electrons. The van der Waals surface area contributed by atoms with E-state index in [2.05, 4.69) is 26.5 Å². The van der Waals surface area contributed by atoms with Crippen molar-refractivity contribution in [3.8, 4) is 0 Å². The Morgan fingerprint density at radius 2 is 2.10 bits per heavy atom. The van der Waals surface area contributed by atoms with E-state index in [0.717, 1.165) is 18.8 Å². The summed E-state index contributed by atoms with van der Waals surface area (Å²) in [5, 5.41) is 13.6. The van der Waals surface area contributed by atoms with Gasteiger partial charge in [-0.15, -0.1) is 21.5 Å². The van der Waals surface area contributed by atoms with E-state index in [0.29, 0.717) is 30.8 Å². The van der Waals surface area contributed by atoms with Gasteiger partial charge in [-0.05, 0) is 37.0 Å². The van der Waals surface area contributed by atoms with Gasteiger partial charge in [-0.25, -0.2) is 0 Å². The maximum Gasteiger partial charge on any atom is 0.252 e.